The van der Waals surface area contributed by atoms with Crippen molar-refractivity contribution in [2.75, 3.05) is 19.5 Å². The summed E-state index contributed by atoms with van der Waals surface area (Å²) in [6.45, 7) is 11.2. The fraction of sp³-hybridized carbons (Fsp3) is 0.680. The van der Waals surface area contributed by atoms with E-state index >= 15 is 0 Å². The van der Waals surface area contributed by atoms with E-state index in [2.05, 4.69) is 51.1 Å². The lowest BCUT2D eigenvalue weighted by atomic mass is 10.1. The molecule has 0 atom stereocenters. The topological polar surface area (TPSA) is 0 Å². The molecule has 0 aliphatic heterocycles. The van der Waals surface area contributed by atoms with Gasteiger partial charge in [-0.25, -0.2) is 0 Å². The Bertz CT molecular complexity index is 458. The van der Waals surface area contributed by atoms with Crippen molar-refractivity contribution in [3.05, 3.63) is 42.0 Å². The first-order valence-corrected chi connectivity index (χ1v) is 14.2. The van der Waals surface area contributed by atoms with Crippen molar-refractivity contribution in [1.82, 2.24) is 0 Å². The highest BCUT2D eigenvalue weighted by Gasteiger charge is 2.24. The van der Waals surface area contributed by atoms with Crippen molar-refractivity contribution in [3.63, 3.8) is 0 Å². The van der Waals surface area contributed by atoms with Crippen molar-refractivity contribution in [3.8, 4) is 0 Å². The Labute approximate surface area is 165 Å². The van der Waals surface area contributed by atoms with E-state index in [1.807, 2.05) is 6.08 Å². The van der Waals surface area contributed by atoms with Crippen LogP contribution in [0.4, 0.5) is 0 Å². The fourth-order valence-corrected chi connectivity index (χ4v) is 6.15. The minimum atomic E-state index is -0.794. The van der Waals surface area contributed by atoms with Crippen molar-refractivity contribution in [2.24, 2.45) is 0 Å². The van der Waals surface area contributed by atoms with E-state index in [9.17, 15) is 0 Å². The standard InChI is InChI=1S/C25H44P/c1-5-7-8-9-10-11-12-13-14-15-16-17-22-26(3,4)23-25-20-18-24(6-2)19-21-25/h6,18-21H,2,5,7-17,22-23H2,1,3-4H3/q+1. The summed E-state index contributed by atoms with van der Waals surface area (Å²) < 4.78 is 0. The molecule has 0 heterocycles. The summed E-state index contributed by atoms with van der Waals surface area (Å²) in [6, 6.07) is 8.99. The van der Waals surface area contributed by atoms with Crippen LogP contribution < -0.4 is 0 Å². The normalized spacial score (nSPS) is 11.7. The fourth-order valence-electron chi connectivity index (χ4n) is 3.71. The van der Waals surface area contributed by atoms with Gasteiger partial charge < -0.3 is 0 Å². The van der Waals surface area contributed by atoms with Crippen LogP contribution in [0.1, 0.15) is 95.1 Å². The van der Waals surface area contributed by atoms with Gasteiger partial charge in [0.25, 0.3) is 0 Å². The first-order valence-electron chi connectivity index (χ1n) is 11.1. The smallest absolute Gasteiger partial charge is 0.0837 e. The molecule has 0 spiro atoms. The van der Waals surface area contributed by atoms with Gasteiger partial charge in [0.05, 0.1) is 12.3 Å². The summed E-state index contributed by atoms with van der Waals surface area (Å²) in [5, 5.41) is 0. The van der Waals surface area contributed by atoms with E-state index in [1.165, 1.54) is 101 Å². The summed E-state index contributed by atoms with van der Waals surface area (Å²) in [5.41, 5.74) is 2.73. The second-order valence-electron chi connectivity index (χ2n) is 8.65. The largest absolute Gasteiger partial charge is 0.0985 e. The maximum absolute atomic E-state index is 3.84. The summed E-state index contributed by atoms with van der Waals surface area (Å²) in [6.07, 6.45) is 22.0. The minimum absolute atomic E-state index is 0.794. The Morgan fingerprint density at radius 2 is 1.19 bits per heavy atom. The van der Waals surface area contributed by atoms with Gasteiger partial charge in [0.15, 0.2) is 0 Å². The quantitative estimate of drug-likeness (QED) is 0.200. The molecule has 0 N–H and O–H groups in total. The van der Waals surface area contributed by atoms with Crippen molar-refractivity contribution in [1.29, 1.82) is 0 Å². The van der Waals surface area contributed by atoms with Gasteiger partial charge in [0, 0.05) is 20.6 Å². The van der Waals surface area contributed by atoms with Gasteiger partial charge in [-0.3, -0.25) is 0 Å². The minimum Gasteiger partial charge on any atom is -0.0985 e. The van der Waals surface area contributed by atoms with Crippen molar-refractivity contribution < 1.29 is 0 Å². The van der Waals surface area contributed by atoms with Gasteiger partial charge in [0.2, 0.25) is 0 Å². The van der Waals surface area contributed by atoms with E-state index in [1.54, 1.807) is 0 Å². The highest BCUT2D eigenvalue weighted by molar-refractivity contribution is 7.73. The van der Waals surface area contributed by atoms with Crippen molar-refractivity contribution in [2.45, 2.75) is 90.1 Å². The molecule has 0 radical (unpaired) electrons. The van der Waals surface area contributed by atoms with Gasteiger partial charge in [-0.15, -0.1) is 0 Å². The first kappa shape index (κ1) is 23.4. The van der Waals surface area contributed by atoms with Crippen LogP contribution in [0.2, 0.25) is 0 Å². The highest BCUT2D eigenvalue weighted by Crippen LogP contribution is 2.55. The molecule has 0 bridgehead atoms. The Hall–Kier alpha value is -0.610. The average molecular weight is 376 g/mol. The lowest BCUT2D eigenvalue weighted by Crippen LogP contribution is -2.00. The molecule has 0 aliphatic carbocycles. The van der Waals surface area contributed by atoms with Gasteiger partial charge in [-0.2, -0.15) is 0 Å². The zero-order valence-electron chi connectivity index (χ0n) is 17.9. The number of hydrogen-bond donors (Lipinski definition) is 0. The highest BCUT2D eigenvalue weighted by atomic mass is 31.2. The molecule has 148 valence electrons. The summed E-state index contributed by atoms with van der Waals surface area (Å²) in [4.78, 5) is 0. The molecule has 0 aromatic heterocycles. The first-order chi connectivity index (χ1) is 12.6. The van der Waals surface area contributed by atoms with E-state index in [0.717, 1.165) is 0 Å². The van der Waals surface area contributed by atoms with Crippen LogP contribution in [0.3, 0.4) is 0 Å². The summed E-state index contributed by atoms with van der Waals surface area (Å²) in [7, 11) is -0.794. The molecule has 26 heavy (non-hydrogen) atoms. The third-order valence-electron chi connectivity index (χ3n) is 5.44. The second kappa shape index (κ2) is 14.4. The lowest BCUT2D eigenvalue weighted by Gasteiger charge is -2.18. The average Bonchev–Trinajstić information content (AvgIpc) is 2.63. The van der Waals surface area contributed by atoms with Gasteiger partial charge in [-0.05, 0) is 24.0 Å². The number of benzene rings is 1. The van der Waals surface area contributed by atoms with Crippen LogP contribution in [0.15, 0.2) is 30.8 Å². The Morgan fingerprint density at radius 1 is 0.731 bits per heavy atom. The molecule has 1 aromatic rings. The lowest BCUT2D eigenvalue weighted by molar-refractivity contribution is 0.548. The second-order valence-corrected chi connectivity index (χ2v) is 13.3. The van der Waals surface area contributed by atoms with E-state index in [4.69, 9.17) is 0 Å². The number of hydrogen-bond acceptors (Lipinski definition) is 0. The molecule has 1 aromatic carbocycles. The van der Waals surface area contributed by atoms with Crippen LogP contribution in [0.25, 0.3) is 6.08 Å². The Balaban J connectivity index is 2.01. The molecule has 1 heteroatoms. The molecule has 0 saturated heterocycles. The summed E-state index contributed by atoms with van der Waals surface area (Å²) >= 11 is 0. The predicted molar refractivity (Wildman–Crippen MR) is 125 cm³/mol. The molecule has 0 fully saturated rings. The summed E-state index contributed by atoms with van der Waals surface area (Å²) in [5.74, 6) is 0. The monoisotopic (exact) mass is 375 g/mol. The van der Waals surface area contributed by atoms with Crippen LogP contribution in [-0.2, 0) is 6.16 Å². The molecule has 1 rings (SSSR count). The Morgan fingerprint density at radius 3 is 1.65 bits per heavy atom. The van der Waals surface area contributed by atoms with Crippen LogP contribution in [-0.4, -0.2) is 19.5 Å². The molecule has 0 unspecified atom stereocenters. The molecular weight excluding hydrogens is 331 g/mol. The molecule has 0 saturated carbocycles. The van der Waals surface area contributed by atoms with E-state index < -0.39 is 7.26 Å². The maximum Gasteiger partial charge on any atom is 0.0837 e. The molecular formula is C25H44P+. The number of rotatable bonds is 16. The zero-order chi connectivity index (χ0) is 19.1. The molecule has 0 amide bonds. The molecule has 0 aliphatic rings. The van der Waals surface area contributed by atoms with Crippen LogP contribution in [0.5, 0.6) is 0 Å². The maximum atomic E-state index is 3.84. The van der Waals surface area contributed by atoms with Crippen LogP contribution >= 0.6 is 7.26 Å². The van der Waals surface area contributed by atoms with Crippen LogP contribution in [0, 0.1) is 0 Å². The van der Waals surface area contributed by atoms with E-state index in [0.29, 0.717) is 0 Å². The van der Waals surface area contributed by atoms with Gasteiger partial charge in [0.1, 0.15) is 0 Å². The van der Waals surface area contributed by atoms with E-state index in [-0.39, 0.29) is 0 Å². The Kier molecular flexibility index (Phi) is 13.0. The predicted octanol–water partition coefficient (Wildman–Crippen LogP) is 8.81. The van der Waals surface area contributed by atoms with Crippen molar-refractivity contribution >= 4 is 13.3 Å². The zero-order valence-corrected chi connectivity index (χ0v) is 18.8. The number of unbranched alkanes of at least 4 members (excludes halogenated alkanes) is 11. The molecule has 0 nitrogen and oxygen atoms in total. The van der Waals surface area contributed by atoms with Gasteiger partial charge >= 0.3 is 0 Å². The third-order valence-corrected chi connectivity index (χ3v) is 8.19. The van der Waals surface area contributed by atoms with Gasteiger partial charge in [-0.1, -0.05) is 108 Å². The third kappa shape index (κ3) is 11.9. The SMILES string of the molecule is C=Cc1ccc(C[P+](C)(C)CCCCCCCCCCCCCC)cc1.